The summed E-state index contributed by atoms with van der Waals surface area (Å²) in [4.78, 5) is 30.0. The molecule has 0 aliphatic heterocycles. The van der Waals surface area contributed by atoms with Crippen LogP contribution in [0.4, 0.5) is 5.69 Å². The summed E-state index contributed by atoms with van der Waals surface area (Å²) in [5, 5.41) is 11.9. The monoisotopic (exact) mass is 386 g/mol. The molecule has 0 saturated heterocycles. The minimum Gasteiger partial charge on any atom is -0.619 e. The zero-order valence-electron chi connectivity index (χ0n) is 15.5. The van der Waals surface area contributed by atoms with E-state index < -0.39 is 0 Å². The van der Waals surface area contributed by atoms with Crippen LogP contribution in [0.1, 0.15) is 22.3 Å². The third-order valence-electron chi connectivity index (χ3n) is 4.71. The molecule has 4 aromatic rings. The average Bonchev–Trinajstić information content (AvgIpc) is 2.72. The summed E-state index contributed by atoms with van der Waals surface area (Å²) in [6, 6.07) is 15.4. The Balaban J connectivity index is 1.73. The van der Waals surface area contributed by atoms with E-state index in [1.54, 1.807) is 42.6 Å². The van der Waals surface area contributed by atoms with Gasteiger partial charge >= 0.3 is 0 Å². The maximum absolute atomic E-state index is 13.2. The van der Waals surface area contributed by atoms with Gasteiger partial charge in [-0.2, -0.15) is 4.73 Å². The van der Waals surface area contributed by atoms with Crippen molar-refractivity contribution in [3.05, 3.63) is 99.9 Å². The number of rotatable bonds is 5. The Morgan fingerprint density at radius 1 is 1.10 bits per heavy atom. The topological polar surface area (TPSA) is 105 Å². The Labute approximate surface area is 166 Å². The molecule has 7 heteroatoms. The third-order valence-corrected chi connectivity index (χ3v) is 4.71. The number of carbonyl (C=O) groups is 1. The van der Waals surface area contributed by atoms with Crippen LogP contribution in [-0.4, -0.2) is 15.3 Å². The quantitative estimate of drug-likeness (QED) is 0.245. The molecule has 0 amide bonds. The number of hydrogen-bond acceptors (Lipinski definition) is 5. The molecule has 0 fully saturated rings. The van der Waals surface area contributed by atoms with Crippen molar-refractivity contribution in [1.29, 1.82) is 0 Å². The van der Waals surface area contributed by atoms with Gasteiger partial charge in [-0.15, -0.1) is 0 Å². The van der Waals surface area contributed by atoms with Gasteiger partial charge in [0, 0.05) is 47.0 Å². The molecule has 0 unspecified atom stereocenters. The van der Waals surface area contributed by atoms with Gasteiger partial charge in [-0.1, -0.05) is 6.07 Å². The second-order valence-electron chi connectivity index (χ2n) is 6.69. The fourth-order valence-electron chi connectivity index (χ4n) is 3.27. The Kier molecular flexibility index (Phi) is 4.78. The summed E-state index contributed by atoms with van der Waals surface area (Å²) >= 11 is 0. The number of pyridine rings is 3. The summed E-state index contributed by atoms with van der Waals surface area (Å²) in [6.45, 7) is 0. The zero-order valence-corrected chi connectivity index (χ0v) is 15.5. The van der Waals surface area contributed by atoms with Gasteiger partial charge in [0.1, 0.15) is 5.65 Å². The summed E-state index contributed by atoms with van der Waals surface area (Å²) in [5.41, 5.74) is 8.30. The van der Waals surface area contributed by atoms with Crippen LogP contribution >= 0.6 is 0 Å². The van der Waals surface area contributed by atoms with Gasteiger partial charge < -0.3 is 10.9 Å². The van der Waals surface area contributed by atoms with E-state index in [-0.39, 0.29) is 24.2 Å². The highest BCUT2D eigenvalue weighted by Gasteiger charge is 2.14. The average molecular weight is 386 g/mol. The molecule has 0 aliphatic carbocycles. The van der Waals surface area contributed by atoms with Crippen LogP contribution in [-0.2, 0) is 6.42 Å². The van der Waals surface area contributed by atoms with Crippen molar-refractivity contribution in [1.82, 2.24) is 9.55 Å². The molecule has 2 N–H and O–H groups in total. The van der Waals surface area contributed by atoms with E-state index in [1.165, 1.54) is 29.1 Å². The number of Topliss-reactive ketones (excluding diaryl/α,β-unsaturated/α-hetero) is 1. The minimum absolute atomic E-state index is 0.133. The van der Waals surface area contributed by atoms with Crippen LogP contribution in [0.5, 0.6) is 0 Å². The molecule has 1 aromatic carbocycles. The predicted octanol–water partition coefficient (Wildman–Crippen LogP) is 2.42. The van der Waals surface area contributed by atoms with Gasteiger partial charge in [0.25, 0.3) is 5.56 Å². The Morgan fingerprint density at radius 3 is 2.66 bits per heavy atom. The van der Waals surface area contributed by atoms with E-state index in [0.717, 1.165) is 5.39 Å². The molecular weight excluding hydrogens is 368 g/mol. The van der Waals surface area contributed by atoms with Crippen LogP contribution < -0.4 is 16.0 Å². The molecule has 144 valence electrons. The first-order valence-corrected chi connectivity index (χ1v) is 9.10. The predicted molar refractivity (Wildman–Crippen MR) is 110 cm³/mol. The molecule has 0 atom stereocenters. The van der Waals surface area contributed by atoms with E-state index in [2.05, 4.69) is 4.98 Å². The van der Waals surface area contributed by atoms with Gasteiger partial charge in [-0.3, -0.25) is 14.2 Å². The van der Waals surface area contributed by atoms with Gasteiger partial charge in [-0.25, -0.2) is 4.98 Å². The first-order valence-electron chi connectivity index (χ1n) is 9.10. The molecule has 0 aliphatic rings. The maximum atomic E-state index is 13.2. The van der Waals surface area contributed by atoms with Gasteiger partial charge in [0.05, 0.1) is 5.69 Å². The Morgan fingerprint density at radius 2 is 1.90 bits per heavy atom. The second kappa shape index (κ2) is 7.55. The standard InChI is InChI=1S/C22H18N4O3/c23-18-4-1-5-19(14-18)26-21-16(3-2-10-24-21)13-17(22(26)28)6-7-20(27)15-8-11-25(29)12-9-15/h1-5,8-14H,6-7,23H2. The molecule has 29 heavy (non-hydrogen) atoms. The molecule has 4 rings (SSSR count). The maximum Gasteiger partial charge on any atom is 0.260 e. The van der Waals surface area contributed by atoms with E-state index in [9.17, 15) is 14.8 Å². The van der Waals surface area contributed by atoms with Crippen molar-refractivity contribution in [2.75, 3.05) is 5.73 Å². The lowest BCUT2D eigenvalue weighted by atomic mass is 10.0. The van der Waals surface area contributed by atoms with Crippen molar-refractivity contribution >= 4 is 22.5 Å². The summed E-state index contributed by atoms with van der Waals surface area (Å²) in [7, 11) is 0. The number of aromatic nitrogens is 3. The smallest absolute Gasteiger partial charge is 0.260 e. The molecule has 0 spiro atoms. The molecule has 0 saturated carbocycles. The highest BCUT2D eigenvalue weighted by atomic mass is 16.5. The number of nitrogens with zero attached hydrogens (tertiary/aromatic N) is 3. The second-order valence-corrected chi connectivity index (χ2v) is 6.69. The van der Waals surface area contributed by atoms with Crippen LogP contribution in [0.3, 0.4) is 0 Å². The fourth-order valence-corrected chi connectivity index (χ4v) is 3.27. The Hall–Kier alpha value is -4.00. The van der Waals surface area contributed by atoms with Gasteiger partial charge in [-0.05, 0) is 42.8 Å². The first kappa shape index (κ1) is 18.4. The van der Waals surface area contributed by atoms with Crippen LogP contribution in [0.2, 0.25) is 0 Å². The fraction of sp³-hybridized carbons (Fsp3) is 0.0909. The number of nitrogen functional groups attached to an aromatic ring is 1. The number of fused-ring (bicyclic) bond motifs is 1. The van der Waals surface area contributed by atoms with Gasteiger partial charge in [0.15, 0.2) is 18.2 Å². The molecule has 0 bridgehead atoms. The number of benzene rings is 1. The summed E-state index contributed by atoms with van der Waals surface area (Å²) in [5.74, 6) is -0.133. The molecule has 7 nitrogen and oxygen atoms in total. The van der Waals surface area contributed by atoms with E-state index >= 15 is 0 Å². The highest BCUT2D eigenvalue weighted by molar-refractivity contribution is 5.96. The summed E-state index contributed by atoms with van der Waals surface area (Å²) < 4.78 is 2.14. The first-order chi connectivity index (χ1) is 14.0. The largest absolute Gasteiger partial charge is 0.619 e. The lowest BCUT2D eigenvalue weighted by Gasteiger charge is -2.12. The van der Waals surface area contributed by atoms with E-state index in [1.807, 2.05) is 6.07 Å². The van der Waals surface area contributed by atoms with Crippen molar-refractivity contribution in [3.63, 3.8) is 0 Å². The lowest BCUT2D eigenvalue weighted by molar-refractivity contribution is -0.605. The molecule has 0 radical (unpaired) electrons. The van der Waals surface area contributed by atoms with Crippen molar-refractivity contribution in [2.24, 2.45) is 0 Å². The van der Waals surface area contributed by atoms with Crippen LogP contribution in [0.25, 0.3) is 16.7 Å². The number of carbonyl (C=O) groups excluding carboxylic acids is 1. The zero-order chi connectivity index (χ0) is 20.4. The summed E-state index contributed by atoms with van der Waals surface area (Å²) in [6.07, 6.45) is 4.62. The molecule has 3 heterocycles. The lowest BCUT2D eigenvalue weighted by Crippen LogP contribution is -2.25. The minimum atomic E-state index is -0.236. The molecular formula is C22H18N4O3. The SMILES string of the molecule is Nc1cccc(-n2c(=O)c(CCC(=O)c3cc[n+]([O-])cc3)cc3cccnc32)c1. The number of aryl methyl sites for hydroxylation is 1. The van der Waals surface area contributed by atoms with E-state index in [0.29, 0.717) is 32.9 Å². The van der Waals surface area contributed by atoms with Crippen molar-refractivity contribution in [3.8, 4) is 5.69 Å². The normalized spacial score (nSPS) is 10.9. The van der Waals surface area contributed by atoms with Crippen molar-refractivity contribution in [2.45, 2.75) is 12.8 Å². The van der Waals surface area contributed by atoms with Crippen LogP contribution in [0.15, 0.2) is 78.0 Å². The van der Waals surface area contributed by atoms with E-state index in [4.69, 9.17) is 5.73 Å². The third kappa shape index (κ3) is 3.70. The highest BCUT2D eigenvalue weighted by Crippen LogP contribution is 2.18. The number of anilines is 1. The van der Waals surface area contributed by atoms with Gasteiger partial charge in [0.2, 0.25) is 0 Å². The number of nitrogens with two attached hydrogens (primary N) is 1. The van der Waals surface area contributed by atoms with Crippen LogP contribution in [0, 0.1) is 5.21 Å². The number of ketones is 1. The Bertz CT molecular complexity index is 1260. The number of hydrogen-bond donors (Lipinski definition) is 1. The molecule has 3 aromatic heterocycles. The van der Waals surface area contributed by atoms with Crippen molar-refractivity contribution < 1.29 is 9.52 Å².